The van der Waals surface area contributed by atoms with Crippen LogP contribution in [0.25, 0.3) is 22.6 Å². The van der Waals surface area contributed by atoms with Gasteiger partial charge in [-0.25, -0.2) is 9.37 Å². The number of rotatable bonds is 2. The van der Waals surface area contributed by atoms with E-state index in [0.717, 1.165) is 16.8 Å². The van der Waals surface area contributed by atoms with Gasteiger partial charge in [0.05, 0.1) is 11.9 Å². The van der Waals surface area contributed by atoms with Crippen LogP contribution >= 0.6 is 0 Å². The fraction of sp³-hybridized carbons (Fsp3) is 0. The summed E-state index contributed by atoms with van der Waals surface area (Å²) in [6.45, 7) is 0. The van der Waals surface area contributed by atoms with Gasteiger partial charge in [0.15, 0.2) is 0 Å². The van der Waals surface area contributed by atoms with Gasteiger partial charge in [0.1, 0.15) is 11.6 Å². The highest BCUT2D eigenvalue weighted by Crippen LogP contribution is 2.22. The number of nitrogens with one attached hydrogen (secondary N) is 1. The highest BCUT2D eigenvalue weighted by Gasteiger charge is 2.05. The first-order valence-electron chi connectivity index (χ1n) is 5.69. The Morgan fingerprint density at radius 1 is 0.889 bits per heavy atom. The van der Waals surface area contributed by atoms with Gasteiger partial charge in [0.25, 0.3) is 0 Å². The topological polar surface area (TPSA) is 28.7 Å². The molecule has 0 amide bonds. The van der Waals surface area contributed by atoms with Crippen LogP contribution in [0.15, 0.2) is 60.8 Å². The summed E-state index contributed by atoms with van der Waals surface area (Å²) in [5, 5.41) is 0. The van der Waals surface area contributed by atoms with Gasteiger partial charge in [-0.2, -0.15) is 0 Å². The van der Waals surface area contributed by atoms with Crippen LogP contribution in [0.5, 0.6) is 0 Å². The number of hydrogen-bond acceptors (Lipinski definition) is 1. The molecule has 0 saturated heterocycles. The molecular weight excluding hydrogens is 227 g/mol. The Bertz CT molecular complexity index is 659. The summed E-state index contributed by atoms with van der Waals surface area (Å²) >= 11 is 0. The average molecular weight is 238 g/mol. The number of benzene rings is 2. The molecule has 0 bridgehead atoms. The average Bonchev–Trinajstić information content (AvgIpc) is 2.89. The van der Waals surface area contributed by atoms with Crippen LogP contribution in [0.4, 0.5) is 4.39 Å². The van der Waals surface area contributed by atoms with Crippen molar-refractivity contribution in [2.24, 2.45) is 0 Å². The van der Waals surface area contributed by atoms with Gasteiger partial charge in [0, 0.05) is 5.56 Å². The summed E-state index contributed by atoms with van der Waals surface area (Å²) in [7, 11) is 0. The van der Waals surface area contributed by atoms with Gasteiger partial charge in [-0.15, -0.1) is 0 Å². The Labute approximate surface area is 104 Å². The molecule has 0 radical (unpaired) electrons. The molecule has 0 saturated carbocycles. The molecule has 2 nitrogen and oxygen atoms in total. The first-order chi connectivity index (χ1) is 8.83. The number of aromatic nitrogens is 2. The monoisotopic (exact) mass is 238 g/mol. The van der Waals surface area contributed by atoms with E-state index in [9.17, 15) is 4.39 Å². The number of hydrogen-bond donors (Lipinski definition) is 1. The van der Waals surface area contributed by atoms with Crippen molar-refractivity contribution in [1.29, 1.82) is 0 Å². The number of aromatic amines is 1. The molecule has 1 aromatic heterocycles. The lowest BCUT2D eigenvalue weighted by Crippen LogP contribution is -1.82. The molecule has 0 unspecified atom stereocenters. The van der Waals surface area contributed by atoms with Crippen LogP contribution in [0.1, 0.15) is 0 Å². The molecule has 0 aliphatic carbocycles. The van der Waals surface area contributed by atoms with Crippen molar-refractivity contribution in [3.63, 3.8) is 0 Å². The summed E-state index contributed by atoms with van der Waals surface area (Å²) in [6, 6.07) is 16.3. The lowest BCUT2D eigenvalue weighted by Gasteiger charge is -1.98. The Morgan fingerprint density at radius 2 is 1.67 bits per heavy atom. The van der Waals surface area contributed by atoms with Crippen LogP contribution in [0.2, 0.25) is 0 Å². The van der Waals surface area contributed by atoms with E-state index < -0.39 is 0 Å². The second kappa shape index (κ2) is 4.45. The standard InChI is InChI=1S/C15H11FN2/c16-13-8-4-7-12(9-13)15-17-10-14(18-15)11-5-2-1-3-6-11/h1-10H,(H,17,18). The first-order valence-corrected chi connectivity index (χ1v) is 5.69. The van der Waals surface area contributed by atoms with Crippen LogP contribution in [-0.2, 0) is 0 Å². The van der Waals surface area contributed by atoms with Crippen molar-refractivity contribution in [3.05, 3.63) is 66.6 Å². The lowest BCUT2D eigenvalue weighted by molar-refractivity contribution is 0.628. The Balaban J connectivity index is 2.00. The van der Waals surface area contributed by atoms with E-state index in [4.69, 9.17) is 0 Å². The fourth-order valence-corrected chi connectivity index (χ4v) is 1.87. The van der Waals surface area contributed by atoms with Gasteiger partial charge in [-0.1, -0.05) is 42.5 Å². The summed E-state index contributed by atoms with van der Waals surface area (Å²) < 4.78 is 13.1. The second-order valence-corrected chi connectivity index (χ2v) is 4.02. The zero-order chi connectivity index (χ0) is 12.4. The van der Waals surface area contributed by atoms with E-state index in [-0.39, 0.29) is 5.82 Å². The van der Waals surface area contributed by atoms with Crippen molar-refractivity contribution in [1.82, 2.24) is 9.97 Å². The van der Waals surface area contributed by atoms with Gasteiger partial charge >= 0.3 is 0 Å². The SMILES string of the molecule is Fc1cccc(-c2ncc(-c3ccccc3)[nH]2)c1. The number of H-pyrrole nitrogens is 1. The van der Waals surface area contributed by atoms with Crippen molar-refractivity contribution in [2.75, 3.05) is 0 Å². The Morgan fingerprint density at radius 3 is 2.44 bits per heavy atom. The van der Waals surface area contributed by atoms with Gasteiger partial charge in [0.2, 0.25) is 0 Å². The fourth-order valence-electron chi connectivity index (χ4n) is 1.87. The van der Waals surface area contributed by atoms with Crippen molar-refractivity contribution < 1.29 is 4.39 Å². The molecule has 1 heterocycles. The maximum atomic E-state index is 13.1. The molecule has 2 aromatic carbocycles. The number of nitrogens with zero attached hydrogens (tertiary/aromatic N) is 1. The molecule has 0 spiro atoms. The Hall–Kier alpha value is -2.42. The Kier molecular flexibility index (Phi) is 2.65. The van der Waals surface area contributed by atoms with E-state index in [2.05, 4.69) is 9.97 Å². The second-order valence-electron chi connectivity index (χ2n) is 4.02. The minimum Gasteiger partial charge on any atom is -0.338 e. The summed E-state index contributed by atoms with van der Waals surface area (Å²) in [6.07, 6.45) is 1.76. The molecule has 0 atom stereocenters. The molecular formula is C15H11FN2. The van der Waals surface area contributed by atoms with Crippen molar-refractivity contribution in [3.8, 4) is 22.6 Å². The quantitative estimate of drug-likeness (QED) is 0.721. The zero-order valence-electron chi connectivity index (χ0n) is 9.60. The van der Waals surface area contributed by atoms with Crippen LogP contribution in [0.3, 0.4) is 0 Å². The molecule has 88 valence electrons. The van der Waals surface area contributed by atoms with E-state index in [1.165, 1.54) is 12.1 Å². The van der Waals surface area contributed by atoms with Crippen molar-refractivity contribution >= 4 is 0 Å². The molecule has 3 aromatic rings. The molecule has 0 aliphatic rings. The van der Waals surface area contributed by atoms with Crippen LogP contribution in [0, 0.1) is 5.82 Å². The number of imidazole rings is 1. The lowest BCUT2D eigenvalue weighted by atomic mass is 10.2. The minimum atomic E-state index is -0.259. The minimum absolute atomic E-state index is 0.259. The normalized spacial score (nSPS) is 10.5. The molecule has 0 aliphatic heterocycles. The van der Waals surface area contributed by atoms with E-state index >= 15 is 0 Å². The predicted molar refractivity (Wildman–Crippen MR) is 69.4 cm³/mol. The summed E-state index contributed by atoms with van der Waals surface area (Å²) in [5.74, 6) is 0.415. The predicted octanol–water partition coefficient (Wildman–Crippen LogP) is 3.88. The maximum Gasteiger partial charge on any atom is 0.137 e. The smallest absolute Gasteiger partial charge is 0.137 e. The van der Waals surface area contributed by atoms with Crippen LogP contribution in [-0.4, -0.2) is 9.97 Å². The third-order valence-corrected chi connectivity index (χ3v) is 2.76. The number of halogens is 1. The molecule has 0 fully saturated rings. The molecule has 3 heteroatoms. The van der Waals surface area contributed by atoms with E-state index in [1.807, 2.05) is 36.4 Å². The largest absolute Gasteiger partial charge is 0.338 e. The summed E-state index contributed by atoms with van der Waals surface area (Å²) in [4.78, 5) is 7.48. The summed E-state index contributed by atoms with van der Waals surface area (Å²) in [5.41, 5.74) is 2.74. The molecule has 1 N–H and O–H groups in total. The van der Waals surface area contributed by atoms with Crippen molar-refractivity contribution in [2.45, 2.75) is 0 Å². The highest BCUT2D eigenvalue weighted by atomic mass is 19.1. The third kappa shape index (κ3) is 2.02. The van der Waals surface area contributed by atoms with Gasteiger partial charge in [-0.3, -0.25) is 0 Å². The van der Waals surface area contributed by atoms with Gasteiger partial charge < -0.3 is 4.98 Å². The highest BCUT2D eigenvalue weighted by molar-refractivity contribution is 5.64. The third-order valence-electron chi connectivity index (χ3n) is 2.76. The van der Waals surface area contributed by atoms with Gasteiger partial charge in [-0.05, 0) is 17.7 Å². The molecule has 3 rings (SSSR count). The van der Waals surface area contributed by atoms with E-state index in [1.54, 1.807) is 12.3 Å². The first kappa shape index (κ1) is 10.7. The molecule has 18 heavy (non-hydrogen) atoms. The maximum absolute atomic E-state index is 13.1. The zero-order valence-corrected chi connectivity index (χ0v) is 9.60. The van der Waals surface area contributed by atoms with E-state index in [0.29, 0.717) is 5.82 Å². The van der Waals surface area contributed by atoms with Crippen LogP contribution < -0.4 is 0 Å².